The number of amides is 2. The lowest BCUT2D eigenvalue weighted by Gasteiger charge is -2.18. The highest BCUT2D eigenvalue weighted by Gasteiger charge is 2.26. The van der Waals surface area contributed by atoms with Crippen molar-refractivity contribution < 1.29 is 4.79 Å². The molecule has 1 heterocycles. The molecule has 0 saturated carbocycles. The summed E-state index contributed by atoms with van der Waals surface area (Å²) in [7, 11) is 0. The number of urea groups is 1. The lowest BCUT2D eigenvalue weighted by atomic mass is 10.2. The van der Waals surface area contributed by atoms with E-state index < -0.39 is 0 Å². The fourth-order valence-corrected chi connectivity index (χ4v) is 2.22. The summed E-state index contributed by atoms with van der Waals surface area (Å²) in [4.78, 5) is 15.6. The fraction of sp³-hybridized carbons (Fsp3) is 0.923. The van der Waals surface area contributed by atoms with E-state index in [4.69, 9.17) is 5.73 Å². The molecule has 1 fully saturated rings. The smallest absolute Gasteiger partial charge is 0.320 e. The van der Waals surface area contributed by atoms with Gasteiger partial charge < -0.3 is 20.9 Å². The molecule has 5 nitrogen and oxygen atoms in total. The summed E-state index contributed by atoms with van der Waals surface area (Å²) in [6, 6.07) is 0.147. The van der Waals surface area contributed by atoms with Gasteiger partial charge in [0.25, 0.3) is 0 Å². The van der Waals surface area contributed by atoms with Gasteiger partial charge in [-0.3, -0.25) is 0 Å². The zero-order valence-corrected chi connectivity index (χ0v) is 11.7. The third-order valence-corrected chi connectivity index (χ3v) is 3.35. The Kier molecular flexibility index (Phi) is 7.76. The Labute approximate surface area is 111 Å². The van der Waals surface area contributed by atoms with Crippen LogP contribution < -0.4 is 11.1 Å². The highest BCUT2D eigenvalue weighted by Crippen LogP contribution is 2.06. The molecule has 0 atom stereocenters. The lowest BCUT2D eigenvalue weighted by molar-refractivity contribution is 0.193. The number of carbonyl (C=O) groups is 1. The molecule has 0 bridgehead atoms. The number of hydrogen-bond donors (Lipinski definition) is 2. The van der Waals surface area contributed by atoms with Crippen molar-refractivity contribution in [1.29, 1.82) is 0 Å². The zero-order valence-electron chi connectivity index (χ0n) is 11.7. The van der Waals surface area contributed by atoms with Gasteiger partial charge in [-0.05, 0) is 13.0 Å². The molecule has 1 rings (SSSR count). The van der Waals surface area contributed by atoms with Gasteiger partial charge in [-0.15, -0.1) is 0 Å². The number of nitrogens with one attached hydrogen (secondary N) is 1. The SMILES string of the molecule is CCCCCCNCCN1CCN(CCN)C1=O. The molecule has 2 amide bonds. The highest BCUT2D eigenvalue weighted by atomic mass is 16.2. The zero-order chi connectivity index (χ0) is 13.2. The second kappa shape index (κ2) is 9.16. The summed E-state index contributed by atoms with van der Waals surface area (Å²) in [6.45, 7) is 7.90. The molecule has 1 saturated heterocycles. The summed E-state index contributed by atoms with van der Waals surface area (Å²) in [5.41, 5.74) is 5.47. The van der Waals surface area contributed by atoms with Gasteiger partial charge in [-0.2, -0.15) is 0 Å². The van der Waals surface area contributed by atoms with E-state index in [9.17, 15) is 4.79 Å². The third-order valence-electron chi connectivity index (χ3n) is 3.35. The minimum Gasteiger partial charge on any atom is -0.329 e. The number of nitrogens with two attached hydrogens (primary N) is 1. The molecular weight excluding hydrogens is 228 g/mol. The Bertz CT molecular complexity index is 235. The predicted octanol–water partition coefficient (Wildman–Crippen LogP) is 0.853. The van der Waals surface area contributed by atoms with Gasteiger partial charge in [0.05, 0.1) is 0 Å². The van der Waals surface area contributed by atoms with Crippen LogP contribution in [0.1, 0.15) is 32.6 Å². The average molecular weight is 256 g/mol. The van der Waals surface area contributed by atoms with E-state index in [1.807, 2.05) is 9.80 Å². The molecule has 3 N–H and O–H groups in total. The van der Waals surface area contributed by atoms with Crippen LogP contribution in [0.2, 0.25) is 0 Å². The fourth-order valence-electron chi connectivity index (χ4n) is 2.22. The van der Waals surface area contributed by atoms with E-state index in [2.05, 4.69) is 12.2 Å². The molecule has 1 aliphatic rings. The molecule has 18 heavy (non-hydrogen) atoms. The van der Waals surface area contributed by atoms with Crippen LogP contribution in [0.15, 0.2) is 0 Å². The van der Waals surface area contributed by atoms with Gasteiger partial charge in [0.2, 0.25) is 0 Å². The summed E-state index contributed by atoms with van der Waals surface area (Å²) < 4.78 is 0. The highest BCUT2D eigenvalue weighted by molar-refractivity contribution is 5.76. The summed E-state index contributed by atoms with van der Waals surface area (Å²) >= 11 is 0. The van der Waals surface area contributed by atoms with Gasteiger partial charge >= 0.3 is 6.03 Å². The molecule has 0 radical (unpaired) electrons. The molecule has 0 aromatic heterocycles. The van der Waals surface area contributed by atoms with Crippen molar-refractivity contribution in [3.8, 4) is 0 Å². The van der Waals surface area contributed by atoms with Gasteiger partial charge in [0.1, 0.15) is 0 Å². The first-order chi connectivity index (χ1) is 8.79. The predicted molar refractivity (Wildman–Crippen MR) is 74.6 cm³/mol. The second-order valence-electron chi connectivity index (χ2n) is 4.86. The van der Waals surface area contributed by atoms with E-state index in [1.165, 1.54) is 25.7 Å². The van der Waals surface area contributed by atoms with Crippen LogP contribution in [-0.2, 0) is 0 Å². The average Bonchev–Trinajstić information content (AvgIpc) is 2.71. The second-order valence-corrected chi connectivity index (χ2v) is 4.86. The number of rotatable bonds is 10. The Morgan fingerprint density at radius 3 is 2.50 bits per heavy atom. The number of hydrogen-bond acceptors (Lipinski definition) is 3. The van der Waals surface area contributed by atoms with E-state index in [1.54, 1.807) is 0 Å². The largest absolute Gasteiger partial charge is 0.329 e. The first kappa shape index (κ1) is 15.2. The summed E-state index contributed by atoms with van der Waals surface area (Å²) in [5, 5.41) is 3.40. The third kappa shape index (κ3) is 5.23. The molecule has 0 spiro atoms. The Morgan fingerprint density at radius 1 is 1.11 bits per heavy atom. The summed E-state index contributed by atoms with van der Waals surface area (Å²) in [6.07, 6.45) is 5.14. The van der Waals surface area contributed by atoms with Crippen molar-refractivity contribution in [2.24, 2.45) is 5.73 Å². The molecule has 0 aromatic carbocycles. The van der Waals surface area contributed by atoms with E-state index in [-0.39, 0.29) is 6.03 Å². The minimum atomic E-state index is 0.147. The van der Waals surface area contributed by atoms with Crippen LogP contribution in [0.5, 0.6) is 0 Å². The molecule has 106 valence electrons. The first-order valence-corrected chi connectivity index (χ1v) is 7.24. The van der Waals surface area contributed by atoms with Crippen molar-refractivity contribution in [1.82, 2.24) is 15.1 Å². The standard InChI is InChI=1S/C13H28N4O/c1-2-3-4-5-7-15-8-10-17-12-11-16(9-6-14)13(17)18/h15H,2-12,14H2,1H3. The molecule has 5 heteroatoms. The van der Waals surface area contributed by atoms with Crippen LogP contribution in [0.3, 0.4) is 0 Å². The number of unbranched alkanes of at least 4 members (excludes halogenated alkanes) is 3. The van der Waals surface area contributed by atoms with Crippen molar-refractivity contribution >= 4 is 6.03 Å². The minimum absolute atomic E-state index is 0.147. The van der Waals surface area contributed by atoms with Gasteiger partial charge in [0, 0.05) is 39.3 Å². The maximum atomic E-state index is 11.9. The molecular formula is C13H28N4O. The van der Waals surface area contributed by atoms with Crippen LogP contribution >= 0.6 is 0 Å². The van der Waals surface area contributed by atoms with Gasteiger partial charge in [0.15, 0.2) is 0 Å². The first-order valence-electron chi connectivity index (χ1n) is 7.24. The van der Waals surface area contributed by atoms with Gasteiger partial charge in [-0.25, -0.2) is 4.79 Å². The van der Waals surface area contributed by atoms with Crippen molar-refractivity contribution in [2.75, 3.05) is 45.8 Å². The van der Waals surface area contributed by atoms with Crippen LogP contribution in [-0.4, -0.2) is 61.6 Å². The number of carbonyl (C=O) groups excluding carboxylic acids is 1. The maximum Gasteiger partial charge on any atom is 0.320 e. The molecule has 1 aliphatic heterocycles. The topological polar surface area (TPSA) is 61.6 Å². The quantitative estimate of drug-likeness (QED) is 0.570. The number of nitrogens with zero attached hydrogens (tertiary/aromatic N) is 2. The van der Waals surface area contributed by atoms with E-state index >= 15 is 0 Å². The normalized spacial score (nSPS) is 15.8. The van der Waals surface area contributed by atoms with E-state index in [0.717, 1.165) is 32.7 Å². The lowest BCUT2D eigenvalue weighted by Crippen LogP contribution is -2.38. The van der Waals surface area contributed by atoms with Crippen molar-refractivity contribution in [3.63, 3.8) is 0 Å². The monoisotopic (exact) mass is 256 g/mol. The van der Waals surface area contributed by atoms with Crippen molar-refractivity contribution in [3.05, 3.63) is 0 Å². The molecule has 0 unspecified atom stereocenters. The summed E-state index contributed by atoms with van der Waals surface area (Å²) in [5.74, 6) is 0. The Hall–Kier alpha value is -0.810. The van der Waals surface area contributed by atoms with Crippen LogP contribution in [0.25, 0.3) is 0 Å². The van der Waals surface area contributed by atoms with Crippen LogP contribution in [0, 0.1) is 0 Å². The molecule has 0 aromatic rings. The maximum absolute atomic E-state index is 11.9. The Morgan fingerprint density at radius 2 is 1.83 bits per heavy atom. The Balaban J connectivity index is 2.01. The van der Waals surface area contributed by atoms with Crippen LogP contribution in [0.4, 0.5) is 4.79 Å². The van der Waals surface area contributed by atoms with E-state index in [0.29, 0.717) is 13.1 Å². The molecule has 0 aliphatic carbocycles. The van der Waals surface area contributed by atoms with Crippen molar-refractivity contribution in [2.45, 2.75) is 32.6 Å². The van der Waals surface area contributed by atoms with Gasteiger partial charge in [-0.1, -0.05) is 26.2 Å².